The molecule has 0 spiro atoms. The zero-order valence-corrected chi connectivity index (χ0v) is 11.9. The monoisotopic (exact) mass is 313 g/mol. The second kappa shape index (κ2) is 5.69. The number of nitro benzene ring substituents is 1. The van der Waals surface area contributed by atoms with Crippen molar-refractivity contribution in [3.05, 3.63) is 32.8 Å². The normalized spacial score (nSPS) is 23.7. The van der Waals surface area contributed by atoms with Gasteiger partial charge in [0.25, 0.3) is 5.69 Å². The molecule has 2 atom stereocenters. The number of rotatable bonds is 3. The number of ether oxygens (including phenoxy) is 1. The van der Waals surface area contributed by atoms with Crippen LogP contribution in [-0.4, -0.2) is 11.0 Å². The summed E-state index contributed by atoms with van der Waals surface area (Å²) in [6.45, 7) is 2.22. The molecule has 4 nitrogen and oxygen atoms in total. The molecule has 1 aliphatic carbocycles. The van der Waals surface area contributed by atoms with Crippen molar-refractivity contribution in [3.8, 4) is 5.75 Å². The second-order valence-electron chi connectivity index (χ2n) is 4.88. The van der Waals surface area contributed by atoms with Crippen molar-refractivity contribution in [1.82, 2.24) is 0 Å². The molecule has 0 amide bonds. The van der Waals surface area contributed by atoms with Crippen LogP contribution < -0.4 is 4.74 Å². The van der Waals surface area contributed by atoms with Crippen molar-refractivity contribution in [3.63, 3.8) is 0 Å². The molecule has 1 aromatic rings. The van der Waals surface area contributed by atoms with Crippen LogP contribution in [-0.2, 0) is 0 Å². The van der Waals surface area contributed by atoms with Gasteiger partial charge in [0.1, 0.15) is 5.75 Å². The Hall–Kier alpha value is -1.10. The molecule has 0 bridgehead atoms. The lowest BCUT2D eigenvalue weighted by molar-refractivity contribution is -0.385. The lowest BCUT2D eigenvalue weighted by Gasteiger charge is -2.27. The van der Waals surface area contributed by atoms with E-state index < -0.39 is 4.92 Å². The molecule has 1 saturated carbocycles. The van der Waals surface area contributed by atoms with Crippen LogP contribution in [0.4, 0.5) is 5.69 Å². The van der Waals surface area contributed by atoms with Crippen molar-refractivity contribution in [1.29, 1.82) is 0 Å². The van der Waals surface area contributed by atoms with Gasteiger partial charge in [0.05, 0.1) is 21.6 Å². The molecular weight excluding hydrogens is 298 g/mol. The third kappa shape index (κ3) is 3.22. The van der Waals surface area contributed by atoms with Gasteiger partial charge in [-0.2, -0.15) is 0 Å². The molecule has 18 heavy (non-hydrogen) atoms. The fraction of sp³-hybridized carbons (Fsp3) is 0.538. The van der Waals surface area contributed by atoms with Gasteiger partial charge in [-0.3, -0.25) is 10.1 Å². The lowest BCUT2D eigenvalue weighted by atomic mass is 9.89. The number of nitro groups is 1. The Kier molecular flexibility index (Phi) is 4.22. The molecule has 1 aromatic carbocycles. The average Bonchev–Trinajstić information content (AvgIpc) is 2.31. The highest BCUT2D eigenvalue weighted by atomic mass is 79.9. The van der Waals surface area contributed by atoms with Crippen LogP contribution in [0.1, 0.15) is 32.6 Å². The zero-order valence-electron chi connectivity index (χ0n) is 10.3. The largest absolute Gasteiger partial charge is 0.489 e. The standard InChI is InChI=1S/C13H16BrNO3/c1-9-3-2-4-11(7-9)18-13-8-10(15(16)17)5-6-12(13)14/h5-6,8-9,11H,2-4,7H2,1H3. The highest BCUT2D eigenvalue weighted by Crippen LogP contribution is 2.33. The van der Waals surface area contributed by atoms with Gasteiger partial charge in [-0.25, -0.2) is 0 Å². The summed E-state index contributed by atoms with van der Waals surface area (Å²) >= 11 is 3.37. The molecule has 0 aromatic heterocycles. The summed E-state index contributed by atoms with van der Waals surface area (Å²) in [5.41, 5.74) is 0.0667. The summed E-state index contributed by atoms with van der Waals surface area (Å²) in [4.78, 5) is 10.3. The first-order valence-corrected chi connectivity index (χ1v) is 6.96. The Labute approximate surface area is 115 Å². The van der Waals surface area contributed by atoms with E-state index in [1.165, 1.54) is 25.0 Å². The Bertz CT molecular complexity index is 450. The van der Waals surface area contributed by atoms with Crippen LogP contribution in [0.25, 0.3) is 0 Å². The maximum absolute atomic E-state index is 10.7. The van der Waals surface area contributed by atoms with Gasteiger partial charge in [0.15, 0.2) is 0 Å². The van der Waals surface area contributed by atoms with E-state index in [1.807, 2.05) is 0 Å². The minimum Gasteiger partial charge on any atom is -0.489 e. The first-order valence-electron chi connectivity index (χ1n) is 6.17. The SMILES string of the molecule is CC1CCCC(Oc2cc([N+](=O)[O-])ccc2Br)C1. The minimum absolute atomic E-state index is 0.0667. The summed E-state index contributed by atoms with van der Waals surface area (Å²) in [7, 11) is 0. The molecule has 0 aliphatic heterocycles. The number of nitrogens with zero attached hydrogens (tertiary/aromatic N) is 1. The minimum atomic E-state index is -0.400. The van der Waals surface area contributed by atoms with Crippen LogP contribution in [0.15, 0.2) is 22.7 Å². The first kappa shape index (κ1) is 13.3. The van der Waals surface area contributed by atoms with Crippen molar-refractivity contribution in [2.75, 3.05) is 0 Å². The van der Waals surface area contributed by atoms with E-state index in [9.17, 15) is 10.1 Å². The molecule has 1 fully saturated rings. The fourth-order valence-electron chi connectivity index (χ4n) is 2.36. The Balaban J connectivity index is 2.12. The van der Waals surface area contributed by atoms with Crippen LogP contribution in [0.3, 0.4) is 0 Å². The number of benzene rings is 1. The Morgan fingerprint density at radius 2 is 2.22 bits per heavy atom. The molecule has 2 unspecified atom stereocenters. The highest BCUT2D eigenvalue weighted by Gasteiger charge is 2.21. The highest BCUT2D eigenvalue weighted by molar-refractivity contribution is 9.10. The van der Waals surface area contributed by atoms with Crippen LogP contribution in [0.5, 0.6) is 5.75 Å². The third-order valence-corrected chi connectivity index (χ3v) is 3.96. The predicted molar refractivity (Wildman–Crippen MR) is 72.8 cm³/mol. The van der Waals surface area contributed by atoms with Gasteiger partial charge in [-0.15, -0.1) is 0 Å². The predicted octanol–water partition coefficient (Wildman–Crippen LogP) is 4.31. The van der Waals surface area contributed by atoms with Gasteiger partial charge in [-0.1, -0.05) is 13.3 Å². The summed E-state index contributed by atoms with van der Waals surface area (Å²) in [6.07, 6.45) is 4.63. The number of non-ortho nitro benzene ring substituents is 1. The Morgan fingerprint density at radius 1 is 1.44 bits per heavy atom. The zero-order chi connectivity index (χ0) is 13.1. The van der Waals surface area contributed by atoms with Crippen molar-refractivity contribution in [2.45, 2.75) is 38.7 Å². The molecule has 2 rings (SSSR count). The summed E-state index contributed by atoms with van der Waals surface area (Å²) in [5, 5.41) is 10.7. The Morgan fingerprint density at radius 3 is 2.89 bits per heavy atom. The summed E-state index contributed by atoms with van der Waals surface area (Å²) in [6, 6.07) is 4.63. The van der Waals surface area contributed by atoms with Gasteiger partial charge in [-0.05, 0) is 47.2 Å². The van der Waals surface area contributed by atoms with E-state index >= 15 is 0 Å². The fourth-order valence-corrected chi connectivity index (χ4v) is 2.70. The lowest BCUT2D eigenvalue weighted by Crippen LogP contribution is -2.24. The van der Waals surface area contributed by atoms with Crippen molar-refractivity contribution >= 4 is 21.6 Å². The molecule has 5 heteroatoms. The van der Waals surface area contributed by atoms with E-state index in [4.69, 9.17) is 4.74 Å². The van der Waals surface area contributed by atoms with E-state index in [0.29, 0.717) is 11.7 Å². The van der Waals surface area contributed by atoms with Crippen LogP contribution in [0, 0.1) is 16.0 Å². The molecule has 1 aliphatic rings. The van der Waals surface area contributed by atoms with Gasteiger partial charge in [0, 0.05) is 6.07 Å². The summed E-state index contributed by atoms with van der Waals surface area (Å²) < 4.78 is 6.67. The molecule has 0 heterocycles. The maximum atomic E-state index is 10.7. The van der Waals surface area contributed by atoms with Gasteiger partial charge in [0.2, 0.25) is 0 Å². The van der Waals surface area contributed by atoms with E-state index in [1.54, 1.807) is 6.07 Å². The van der Waals surface area contributed by atoms with Crippen molar-refractivity contribution in [2.24, 2.45) is 5.92 Å². The van der Waals surface area contributed by atoms with Crippen LogP contribution >= 0.6 is 15.9 Å². The first-order chi connectivity index (χ1) is 8.56. The topological polar surface area (TPSA) is 52.4 Å². The molecule has 0 N–H and O–H groups in total. The van der Waals surface area contributed by atoms with Gasteiger partial charge < -0.3 is 4.74 Å². The smallest absolute Gasteiger partial charge is 0.273 e. The quantitative estimate of drug-likeness (QED) is 0.617. The van der Waals surface area contributed by atoms with E-state index in [-0.39, 0.29) is 11.8 Å². The van der Waals surface area contributed by atoms with Gasteiger partial charge >= 0.3 is 0 Å². The second-order valence-corrected chi connectivity index (χ2v) is 5.74. The third-order valence-electron chi connectivity index (χ3n) is 3.31. The average molecular weight is 314 g/mol. The molecule has 0 radical (unpaired) electrons. The molecular formula is C13H16BrNO3. The molecule has 98 valence electrons. The van der Waals surface area contributed by atoms with E-state index in [2.05, 4.69) is 22.9 Å². The van der Waals surface area contributed by atoms with Crippen molar-refractivity contribution < 1.29 is 9.66 Å². The number of halogens is 1. The number of hydrogen-bond donors (Lipinski definition) is 0. The summed E-state index contributed by atoms with van der Waals surface area (Å²) in [5.74, 6) is 1.24. The molecule has 0 saturated heterocycles. The van der Waals surface area contributed by atoms with Crippen LogP contribution in [0.2, 0.25) is 0 Å². The van der Waals surface area contributed by atoms with E-state index in [0.717, 1.165) is 17.3 Å². The maximum Gasteiger partial charge on any atom is 0.273 e. The number of hydrogen-bond acceptors (Lipinski definition) is 3.